The van der Waals surface area contributed by atoms with Crippen molar-refractivity contribution in [1.29, 1.82) is 0 Å². The molecule has 0 unspecified atom stereocenters. The van der Waals surface area contributed by atoms with Crippen LogP contribution in [0.2, 0.25) is 0 Å². The van der Waals surface area contributed by atoms with Gasteiger partial charge < -0.3 is 6.53 Å². The number of carbonyl (C=O) groups is 1. The van der Waals surface area contributed by atoms with Gasteiger partial charge >= 0.3 is 29.6 Å². The molecule has 0 bridgehead atoms. The van der Waals surface area contributed by atoms with Gasteiger partial charge in [-0.05, 0) is 109 Å². The van der Waals surface area contributed by atoms with Gasteiger partial charge in [-0.2, -0.15) is 8.42 Å². The largest absolute Gasteiger partial charge is 1.00 e. The average molecular weight is 648 g/mol. The Labute approximate surface area is 253 Å². The summed E-state index contributed by atoms with van der Waals surface area (Å²) in [5.41, 5.74) is 4.78. The number of hydrogen-bond acceptors (Lipinski definition) is 4. The fourth-order valence-corrected chi connectivity index (χ4v) is 5.80. The third-order valence-electron chi connectivity index (χ3n) is 6.23. The quantitative estimate of drug-likeness (QED) is 0.366. The number of allylic oxidation sites excluding steroid dienone is 5. The Morgan fingerprint density at radius 3 is 2.11 bits per heavy atom. The number of Topliss-reactive ketones (excluding diaryl/α,β-unsaturated/α-hetero) is 1. The van der Waals surface area contributed by atoms with Crippen LogP contribution in [0.15, 0.2) is 67.0 Å². The number of ketones is 1. The third-order valence-corrected chi connectivity index (χ3v) is 9.06. The topological polar surface area (TPSA) is 91.7 Å². The Balaban J connectivity index is 0.00000342. The average Bonchev–Trinajstić information content (AvgIpc) is 2.78. The van der Waals surface area contributed by atoms with Crippen LogP contribution in [-0.4, -0.2) is 23.9 Å². The zero-order valence-corrected chi connectivity index (χ0v) is 27.4. The summed E-state index contributed by atoms with van der Waals surface area (Å²) in [6.07, 6.45) is 1.80. The molecule has 0 amide bonds. The van der Waals surface area contributed by atoms with Crippen LogP contribution in [0.25, 0.3) is 5.57 Å². The molecule has 36 heavy (non-hydrogen) atoms. The number of phenolic OH excluding ortho intramolecular Hbond substituents is 1. The van der Waals surface area contributed by atoms with Crippen molar-refractivity contribution in [2.75, 3.05) is 0 Å². The van der Waals surface area contributed by atoms with Crippen molar-refractivity contribution in [3.05, 3.63) is 84.3 Å². The maximum Gasteiger partial charge on any atom is 1.00 e. The fourth-order valence-electron chi connectivity index (χ4n) is 4.22. The molecule has 0 aliphatic heterocycles. The van der Waals surface area contributed by atoms with Gasteiger partial charge in [0.05, 0.1) is 8.96 Å². The molecule has 0 spiro atoms. The molecule has 0 saturated carbocycles. The molecule has 0 aromatic heterocycles. The normalized spacial score (nSPS) is 15.9. The van der Waals surface area contributed by atoms with Crippen LogP contribution in [0.4, 0.5) is 0 Å². The van der Waals surface area contributed by atoms with E-state index >= 15 is 0 Å². The van der Waals surface area contributed by atoms with Crippen LogP contribution in [0, 0.1) is 12.8 Å². The van der Waals surface area contributed by atoms with Gasteiger partial charge in [-0.3, -0.25) is 9.35 Å². The van der Waals surface area contributed by atoms with Gasteiger partial charge in [-0.25, -0.2) is 0 Å². The van der Waals surface area contributed by atoms with Gasteiger partial charge in [-0.1, -0.05) is 45.9 Å². The number of halogens is 2. The van der Waals surface area contributed by atoms with E-state index in [2.05, 4.69) is 31.9 Å². The molecule has 2 aromatic carbocycles. The minimum Gasteiger partial charge on any atom is -1.00 e. The SMILES string of the molecule is CC1=C(Br)C(=O)C(C(C)C)=CC1=C(c1ccccc1S(=O)(=O)O)c1cc(C(C)C)c(O)c(Br)c1C.[H-].[Na+]. The van der Waals surface area contributed by atoms with Crippen molar-refractivity contribution in [3.63, 3.8) is 0 Å². The zero-order valence-electron chi connectivity index (χ0n) is 22.4. The number of phenols is 1. The Bertz CT molecular complexity index is 1440. The van der Waals surface area contributed by atoms with Crippen molar-refractivity contribution in [1.82, 2.24) is 0 Å². The van der Waals surface area contributed by atoms with Gasteiger partial charge in [0.1, 0.15) is 10.6 Å². The molecule has 2 aromatic rings. The summed E-state index contributed by atoms with van der Waals surface area (Å²) in [5, 5.41) is 10.8. The fraction of sp³-hybridized carbons (Fsp3) is 0.296. The maximum absolute atomic E-state index is 13.0. The molecule has 5 nitrogen and oxygen atoms in total. The maximum atomic E-state index is 13.0. The predicted octanol–water partition coefficient (Wildman–Crippen LogP) is 4.59. The first-order valence-corrected chi connectivity index (χ1v) is 14.2. The van der Waals surface area contributed by atoms with Gasteiger partial charge in [0.15, 0.2) is 5.78 Å². The Hall–Kier alpha value is -1.000. The van der Waals surface area contributed by atoms with Crippen molar-refractivity contribution in [2.45, 2.75) is 52.4 Å². The molecule has 0 saturated heterocycles. The second-order valence-corrected chi connectivity index (χ2v) is 12.2. The zero-order chi connectivity index (χ0) is 26.4. The van der Waals surface area contributed by atoms with Crippen LogP contribution < -0.4 is 29.6 Å². The number of benzene rings is 2. The van der Waals surface area contributed by atoms with Gasteiger partial charge in [-0.15, -0.1) is 0 Å². The molecular formula is C27H29Br2NaO5S. The van der Waals surface area contributed by atoms with E-state index in [1.807, 2.05) is 40.7 Å². The van der Waals surface area contributed by atoms with E-state index < -0.39 is 10.1 Å². The van der Waals surface area contributed by atoms with Crippen LogP contribution >= 0.6 is 31.9 Å². The van der Waals surface area contributed by atoms with Crippen LogP contribution in [-0.2, 0) is 14.9 Å². The van der Waals surface area contributed by atoms with E-state index in [-0.39, 0.29) is 59.2 Å². The molecule has 0 radical (unpaired) electrons. The van der Waals surface area contributed by atoms with Crippen molar-refractivity contribution in [2.24, 2.45) is 5.92 Å². The van der Waals surface area contributed by atoms with Crippen molar-refractivity contribution in [3.8, 4) is 5.75 Å². The number of carbonyl (C=O) groups excluding carboxylic acids is 1. The summed E-state index contributed by atoms with van der Waals surface area (Å²) in [6, 6.07) is 8.10. The van der Waals surface area contributed by atoms with Crippen molar-refractivity contribution >= 4 is 53.3 Å². The molecule has 0 fully saturated rings. The van der Waals surface area contributed by atoms with E-state index in [1.165, 1.54) is 6.07 Å². The molecule has 0 atom stereocenters. The molecule has 0 heterocycles. The Morgan fingerprint density at radius 1 is 1.00 bits per heavy atom. The summed E-state index contributed by atoms with van der Waals surface area (Å²) < 4.78 is 35.8. The second kappa shape index (κ2) is 11.8. The van der Waals surface area contributed by atoms with E-state index in [0.29, 0.717) is 53.5 Å². The number of aromatic hydroxyl groups is 1. The summed E-state index contributed by atoms with van der Waals surface area (Å²) >= 11 is 6.97. The van der Waals surface area contributed by atoms with Gasteiger partial charge in [0.25, 0.3) is 10.1 Å². The second-order valence-electron chi connectivity index (χ2n) is 9.24. The number of hydrogen-bond donors (Lipinski definition) is 2. The Morgan fingerprint density at radius 2 is 1.58 bits per heavy atom. The molecular weight excluding hydrogens is 619 g/mol. The third kappa shape index (κ3) is 5.85. The monoisotopic (exact) mass is 646 g/mol. The van der Waals surface area contributed by atoms with Crippen LogP contribution in [0.3, 0.4) is 0 Å². The molecule has 1 aliphatic carbocycles. The first kappa shape index (κ1) is 31.2. The van der Waals surface area contributed by atoms with E-state index in [1.54, 1.807) is 31.2 Å². The first-order chi connectivity index (χ1) is 16.2. The summed E-state index contributed by atoms with van der Waals surface area (Å²) in [4.78, 5) is 12.7. The molecule has 3 rings (SSSR count). The molecule has 2 N–H and O–H groups in total. The minimum atomic E-state index is -4.57. The van der Waals surface area contributed by atoms with E-state index in [9.17, 15) is 22.9 Å². The minimum absolute atomic E-state index is 0. The molecule has 1 aliphatic rings. The van der Waals surface area contributed by atoms with Crippen LogP contribution in [0.5, 0.6) is 5.75 Å². The summed E-state index contributed by atoms with van der Waals surface area (Å²) in [6.45, 7) is 11.4. The standard InChI is InChI=1S/C27H28Br2O5S.Na.H/c1-13(2)18-11-20(15(5)24(28)26(18)30)23(17-9-7-8-10-22(17)35(32,33)34)21-12-19(14(3)4)27(31)25(29)16(21)6;;/h7-14,30H,1-6H3,(H,32,33,34);;/q;+1;-1. The number of rotatable bonds is 5. The van der Waals surface area contributed by atoms with Crippen molar-refractivity contribution < 1.29 is 53.9 Å². The Kier molecular flexibility index (Phi) is 10.2. The summed E-state index contributed by atoms with van der Waals surface area (Å²) in [7, 11) is -4.57. The predicted molar refractivity (Wildman–Crippen MR) is 148 cm³/mol. The van der Waals surface area contributed by atoms with Gasteiger partial charge in [0, 0.05) is 11.1 Å². The smallest absolute Gasteiger partial charge is 1.00 e. The molecule has 188 valence electrons. The molecule has 9 heteroatoms. The van der Waals surface area contributed by atoms with E-state index in [4.69, 9.17) is 0 Å². The van der Waals surface area contributed by atoms with E-state index in [0.717, 1.165) is 0 Å². The first-order valence-electron chi connectivity index (χ1n) is 11.1. The van der Waals surface area contributed by atoms with Gasteiger partial charge in [0.2, 0.25) is 0 Å². The van der Waals surface area contributed by atoms with Crippen LogP contribution in [0.1, 0.15) is 64.2 Å². The summed E-state index contributed by atoms with van der Waals surface area (Å²) in [5.74, 6) is -0.0867.